The van der Waals surface area contributed by atoms with Crippen LogP contribution < -0.4 is 5.32 Å². The Kier molecular flexibility index (Phi) is 6.83. The molecular weight excluding hydrogens is 244 g/mol. The molecule has 1 saturated heterocycles. The van der Waals surface area contributed by atoms with Crippen LogP contribution in [0.5, 0.6) is 0 Å². The lowest BCUT2D eigenvalue weighted by Gasteiger charge is -2.48. The van der Waals surface area contributed by atoms with E-state index in [2.05, 4.69) is 31.0 Å². The highest BCUT2D eigenvalue weighted by Crippen LogP contribution is 2.34. The maximum absolute atomic E-state index is 3.80. The first-order chi connectivity index (χ1) is 9.80. The van der Waals surface area contributed by atoms with Gasteiger partial charge in [0, 0.05) is 18.1 Å². The smallest absolute Gasteiger partial charge is 0.0254 e. The fraction of sp³-hybridized carbons (Fsp3) is 1.00. The van der Waals surface area contributed by atoms with E-state index in [4.69, 9.17) is 0 Å². The Labute approximate surface area is 126 Å². The fourth-order valence-corrected chi connectivity index (χ4v) is 4.57. The van der Waals surface area contributed by atoms with Crippen molar-refractivity contribution in [2.45, 2.75) is 96.7 Å². The van der Waals surface area contributed by atoms with Crippen molar-refractivity contribution in [3.8, 4) is 0 Å². The summed E-state index contributed by atoms with van der Waals surface area (Å²) in [6, 6.07) is 2.43. The molecule has 0 aromatic heterocycles. The zero-order valence-electron chi connectivity index (χ0n) is 14.0. The van der Waals surface area contributed by atoms with E-state index in [9.17, 15) is 0 Å². The van der Waals surface area contributed by atoms with E-state index in [0.29, 0.717) is 0 Å². The second-order valence-corrected chi connectivity index (χ2v) is 6.99. The molecule has 1 N–H and O–H groups in total. The molecule has 4 atom stereocenters. The van der Waals surface area contributed by atoms with Gasteiger partial charge in [-0.2, -0.15) is 0 Å². The predicted molar refractivity (Wildman–Crippen MR) is 88.1 cm³/mol. The van der Waals surface area contributed by atoms with E-state index in [1.165, 1.54) is 64.3 Å². The number of piperidine rings is 1. The third-order valence-electron chi connectivity index (χ3n) is 5.69. The van der Waals surface area contributed by atoms with Gasteiger partial charge in [-0.05, 0) is 57.5 Å². The molecule has 0 spiro atoms. The van der Waals surface area contributed by atoms with Crippen LogP contribution in [-0.2, 0) is 0 Å². The van der Waals surface area contributed by atoms with Crippen LogP contribution in [-0.4, -0.2) is 36.1 Å². The van der Waals surface area contributed by atoms with E-state index in [-0.39, 0.29) is 0 Å². The maximum atomic E-state index is 3.80. The van der Waals surface area contributed by atoms with E-state index < -0.39 is 0 Å². The molecule has 1 aliphatic carbocycles. The monoisotopic (exact) mass is 280 g/mol. The lowest BCUT2D eigenvalue weighted by Crippen LogP contribution is -2.57. The number of nitrogens with one attached hydrogen (secondary N) is 1. The van der Waals surface area contributed by atoms with Gasteiger partial charge in [0.1, 0.15) is 0 Å². The van der Waals surface area contributed by atoms with Gasteiger partial charge in [-0.25, -0.2) is 0 Å². The number of nitrogens with zero attached hydrogens (tertiary/aromatic N) is 1. The topological polar surface area (TPSA) is 15.3 Å². The number of likely N-dealkylation sites (tertiary alicyclic amines) is 1. The molecule has 2 heteroatoms. The second kappa shape index (κ2) is 8.38. The average Bonchev–Trinajstić information content (AvgIpc) is 2.49. The summed E-state index contributed by atoms with van der Waals surface area (Å²) in [7, 11) is 0. The summed E-state index contributed by atoms with van der Waals surface area (Å²) < 4.78 is 0. The summed E-state index contributed by atoms with van der Waals surface area (Å²) in [5.74, 6) is 0.971. The number of likely N-dealkylation sites (N-methyl/N-ethyl adjacent to an activating group) is 1. The Morgan fingerprint density at radius 1 is 1.05 bits per heavy atom. The molecule has 1 saturated carbocycles. The number of rotatable bonds is 6. The summed E-state index contributed by atoms with van der Waals surface area (Å²) in [6.45, 7) is 9.49. The van der Waals surface area contributed by atoms with Gasteiger partial charge in [0.15, 0.2) is 0 Å². The Morgan fingerprint density at radius 3 is 2.60 bits per heavy atom. The molecule has 2 fully saturated rings. The summed E-state index contributed by atoms with van der Waals surface area (Å²) in [6.07, 6.45) is 12.7. The van der Waals surface area contributed by atoms with Crippen LogP contribution >= 0.6 is 0 Å². The largest absolute Gasteiger partial charge is 0.313 e. The molecule has 1 heterocycles. The highest BCUT2D eigenvalue weighted by molar-refractivity contribution is 4.94. The van der Waals surface area contributed by atoms with Crippen molar-refractivity contribution < 1.29 is 0 Å². The Morgan fingerprint density at radius 2 is 1.90 bits per heavy atom. The normalized spacial score (nSPS) is 36.1. The fourth-order valence-electron chi connectivity index (χ4n) is 4.57. The van der Waals surface area contributed by atoms with Gasteiger partial charge >= 0.3 is 0 Å². The van der Waals surface area contributed by atoms with Crippen LogP contribution in [0.15, 0.2) is 0 Å². The third-order valence-corrected chi connectivity index (χ3v) is 5.69. The summed E-state index contributed by atoms with van der Waals surface area (Å²) >= 11 is 0. The van der Waals surface area contributed by atoms with E-state index in [0.717, 1.165) is 30.6 Å². The highest BCUT2D eigenvalue weighted by Gasteiger charge is 2.36. The van der Waals surface area contributed by atoms with E-state index >= 15 is 0 Å². The minimum atomic E-state index is 0.750. The average molecular weight is 281 g/mol. The molecule has 0 bridgehead atoms. The van der Waals surface area contributed by atoms with Crippen molar-refractivity contribution in [3.05, 3.63) is 0 Å². The van der Waals surface area contributed by atoms with Crippen molar-refractivity contribution in [1.29, 1.82) is 0 Å². The quantitative estimate of drug-likeness (QED) is 0.784. The molecule has 0 aromatic rings. The number of hydrogen-bond acceptors (Lipinski definition) is 2. The van der Waals surface area contributed by atoms with Crippen molar-refractivity contribution in [3.63, 3.8) is 0 Å². The SMILES string of the molecule is CCCC1CCCCN1C1CC(CC)CCC1NCC. The third kappa shape index (κ3) is 3.98. The summed E-state index contributed by atoms with van der Waals surface area (Å²) in [5, 5.41) is 3.80. The molecule has 2 aliphatic rings. The van der Waals surface area contributed by atoms with Crippen molar-refractivity contribution in [2.75, 3.05) is 13.1 Å². The first-order valence-corrected chi connectivity index (χ1v) is 9.29. The van der Waals surface area contributed by atoms with Crippen molar-refractivity contribution in [2.24, 2.45) is 5.92 Å². The molecular formula is C18H36N2. The molecule has 20 heavy (non-hydrogen) atoms. The van der Waals surface area contributed by atoms with Gasteiger partial charge in [-0.1, -0.05) is 40.0 Å². The Hall–Kier alpha value is -0.0800. The first kappa shape index (κ1) is 16.3. The summed E-state index contributed by atoms with van der Waals surface area (Å²) in [5.41, 5.74) is 0. The zero-order valence-corrected chi connectivity index (χ0v) is 14.0. The minimum absolute atomic E-state index is 0.750. The van der Waals surface area contributed by atoms with Crippen LogP contribution in [0.4, 0.5) is 0 Å². The predicted octanol–water partition coefficient (Wildman–Crippen LogP) is 4.20. The second-order valence-electron chi connectivity index (χ2n) is 6.99. The number of hydrogen-bond donors (Lipinski definition) is 1. The maximum Gasteiger partial charge on any atom is 0.0254 e. The van der Waals surface area contributed by atoms with Crippen LogP contribution in [0, 0.1) is 5.92 Å². The zero-order chi connectivity index (χ0) is 14.4. The van der Waals surface area contributed by atoms with E-state index in [1.807, 2.05) is 0 Å². The van der Waals surface area contributed by atoms with Crippen molar-refractivity contribution in [1.82, 2.24) is 10.2 Å². The molecule has 4 unspecified atom stereocenters. The highest BCUT2D eigenvalue weighted by atomic mass is 15.2. The molecule has 0 amide bonds. The first-order valence-electron chi connectivity index (χ1n) is 9.29. The molecule has 118 valence electrons. The summed E-state index contributed by atoms with van der Waals surface area (Å²) in [4.78, 5) is 2.92. The van der Waals surface area contributed by atoms with Crippen molar-refractivity contribution >= 4 is 0 Å². The van der Waals surface area contributed by atoms with Crippen LogP contribution in [0.25, 0.3) is 0 Å². The van der Waals surface area contributed by atoms with Gasteiger partial charge in [-0.3, -0.25) is 4.90 Å². The van der Waals surface area contributed by atoms with Gasteiger partial charge in [-0.15, -0.1) is 0 Å². The van der Waals surface area contributed by atoms with E-state index in [1.54, 1.807) is 0 Å². The van der Waals surface area contributed by atoms with Crippen LogP contribution in [0.1, 0.15) is 78.6 Å². The molecule has 0 aromatic carbocycles. The van der Waals surface area contributed by atoms with Gasteiger partial charge in [0.2, 0.25) is 0 Å². The molecule has 0 radical (unpaired) electrons. The molecule has 1 aliphatic heterocycles. The van der Waals surface area contributed by atoms with Crippen LogP contribution in [0.2, 0.25) is 0 Å². The Bertz CT molecular complexity index is 264. The lowest BCUT2D eigenvalue weighted by molar-refractivity contribution is 0.0331. The standard InChI is InChI=1S/C18H36N2/c1-4-9-16-10-7-8-13-20(16)18-14-15(5-2)11-12-17(18)19-6-3/h15-19H,4-14H2,1-3H3. The van der Waals surface area contributed by atoms with Gasteiger partial charge < -0.3 is 5.32 Å². The lowest BCUT2D eigenvalue weighted by atomic mass is 9.78. The molecule has 2 rings (SSSR count). The Balaban J connectivity index is 2.06. The van der Waals surface area contributed by atoms with Crippen LogP contribution in [0.3, 0.4) is 0 Å². The molecule has 2 nitrogen and oxygen atoms in total. The minimum Gasteiger partial charge on any atom is -0.313 e. The van der Waals surface area contributed by atoms with Gasteiger partial charge in [0.05, 0.1) is 0 Å². The van der Waals surface area contributed by atoms with Gasteiger partial charge in [0.25, 0.3) is 0 Å².